The highest BCUT2D eigenvalue weighted by Gasteiger charge is 2.12. The van der Waals surface area contributed by atoms with Crippen LogP contribution < -0.4 is 4.87 Å². The van der Waals surface area contributed by atoms with Gasteiger partial charge in [0.25, 0.3) is 0 Å². The molecule has 104 valence electrons. The SMILES string of the molecule is O=c1[nH]c(Cn2c(CCCl)nc3cc(Br)ccc32)cs1. The number of H-pyrrole nitrogens is 1. The largest absolute Gasteiger partial charge is 0.322 e. The lowest BCUT2D eigenvalue weighted by Gasteiger charge is -2.06. The van der Waals surface area contributed by atoms with E-state index in [2.05, 4.69) is 30.5 Å². The topological polar surface area (TPSA) is 50.7 Å². The number of aromatic nitrogens is 3. The number of benzene rings is 1. The van der Waals surface area contributed by atoms with Gasteiger partial charge in [0, 0.05) is 27.8 Å². The van der Waals surface area contributed by atoms with Crippen LogP contribution in [0.15, 0.2) is 32.8 Å². The highest BCUT2D eigenvalue weighted by atomic mass is 79.9. The molecular formula is C13H11BrClN3OS. The molecule has 0 bridgehead atoms. The first kappa shape index (κ1) is 13.9. The Morgan fingerprint density at radius 3 is 3.00 bits per heavy atom. The molecule has 7 heteroatoms. The Kier molecular flexibility index (Phi) is 3.96. The molecule has 0 aliphatic heterocycles. The molecule has 0 fully saturated rings. The average Bonchev–Trinajstić information content (AvgIpc) is 2.95. The molecule has 3 aromatic rings. The monoisotopic (exact) mass is 371 g/mol. The molecule has 3 rings (SSSR count). The van der Waals surface area contributed by atoms with Crippen molar-refractivity contribution in [3.8, 4) is 0 Å². The molecule has 0 spiro atoms. The van der Waals surface area contributed by atoms with Crippen molar-refractivity contribution in [2.24, 2.45) is 0 Å². The Morgan fingerprint density at radius 2 is 2.30 bits per heavy atom. The maximum atomic E-state index is 11.2. The van der Waals surface area contributed by atoms with Gasteiger partial charge in [-0.25, -0.2) is 4.98 Å². The molecule has 2 aromatic heterocycles. The molecule has 0 amide bonds. The summed E-state index contributed by atoms with van der Waals surface area (Å²) >= 11 is 10.5. The minimum absolute atomic E-state index is 0.0361. The number of nitrogens with zero attached hydrogens (tertiary/aromatic N) is 2. The van der Waals surface area contributed by atoms with Crippen LogP contribution in [0.25, 0.3) is 11.0 Å². The van der Waals surface area contributed by atoms with Crippen LogP contribution in [0.3, 0.4) is 0 Å². The van der Waals surface area contributed by atoms with Crippen molar-refractivity contribution in [3.63, 3.8) is 0 Å². The summed E-state index contributed by atoms with van der Waals surface area (Å²) < 4.78 is 3.10. The van der Waals surface area contributed by atoms with Crippen molar-refractivity contribution in [3.05, 3.63) is 49.2 Å². The summed E-state index contributed by atoms with van der Waals surface area (Å²) in [6, 6.07) is 6.00. The summed E-state index contributed by atoms with van der Waals surface area (Å²) in [5.41, 5.74) is 2.86. The molecule has 0 saturated carbocycles. The second-order valence-electron chi connectivity index (χ2n) is 4.36. The number of imidazole rings is 1. The van der Waals surface area contributed by atoms with Gasteiger partial charge in [-0.3, -0.25) is 4.79 Å². The quantitative estimate of drug-likeness (QED) is 0.714. The third kappa shape index (κ3) is 2.68. The van der Waals surface area contributed by atoms with E-state index in [1.165, 1.54) is 11.3 Å². The van der Waals surface area contributed by atoms with Crippen LogP contribution in [-0.4, -0.2) is 20.4 Å². The van der Waals surface area contributed by atoms with Gasteiger partial charge in [0.05, 0.1) is 17.6 Å². The van der Waals surface area contributed by atoms with Crippen LogP contribution >= 0.6 is 38.9 Å². The van der Waals surface area contributed by atoms with Crippen molar-refractivity contribution in [1.82, 2.24) is 14.5 Å². The number of fused-ring (bicyclic) bond motifs is 1. The van der Waals surface area contributed by atoms with Crippen LogP contribution in [0.1, 0.15) is 11.5 Å². The highest BCUT2D eigenvalue weighted by Crippen LogP contribution is 2.22. The van der Waals surface area contributed by atoms with Crippen molar-refractivity contribution >= 4 is 49.9 Å². The van der Waals surface area contributed by atoms with Crippen LogP contribution in [0.4, 0.5) is 0 Å². The minimum atomic E-state index is -0.0361. The molecule has 1 N–H and O–H groups in total. The number of nitrogens with one attached hydrogen (secondary N) is 1. The summed E-state index contributed by atoms with van der Waals surface area (Å²) in [5.74, 6) is 1.45. The molecular weight excluding hydrogens is 362 g/mol. The van der Waals surface area contributed by atoms with E-state index in [9.17, 15) is 4.79 Å². The third-order valence-corrected chi connectivity index (χ3v) is 4.41. The van der Waals surface area contributed by atoms with Gasteiger partial charge in [-0.05, 0) is 18.2 Å². The number of thiazole rings is 1. The van der Waals surface area contributed by atoms with Crippen molar-refractivity contribution < 1.29 is 0 Å². The van der Waals surface area contributed by atoms with Gasteiger partial charge >= 0.3 is 4.87 Å². The van der Waals surface area contributed by atoms with E-state index in [-0.39, 0.29) is 4.87 Å². The lowest BCUT2D eigenvalue weighted by molar-refractivity contribution is 0.740. The zero-order valence-corrected chi connectivity index (χ0v) is 13.6. The van der Waals surface area contributed by atoms with E-state index >= 15 is 0 Å². The number of aryl methyl sites for hydroxylation is 1. The van der Waals surface area contributed by atoms with Crippen LogP contribution in [0, 0.1) is 0 Å². The van der Waals surface area contributed by atoms with Crippen molar-refractivity contribution in [2.45, 2.75) is 13.0 Å². The number of aromatic amines is 1. The predicted molar refractivity (Wildman–Crippen MR) is 85.9 cm³/mol. The fourth-order valence-corrected chi connectivity index (χ4v) is 3.26. The van der Waals surface area contributed by atoms with Gasteiger partial charge in [-0.2, -0.15) is 0 Å². The Morgan fingerprint density at radius 1 is 1.45 bits per heavy atom. The molecule has 0 aliphatic carbocycles. The Hall–Kier alpha value is -1.11. The van der Waals surface area contributed by atoms with E-state index in [0.29, 0.717) is 18.8 Å². The number of halogens is 2. The fraction of sp³-hybridized carbons (Fsp3) is 0.231. The lowest BCUT2D eigenvalue weighted by atomic mass is 10.3. The molecule has 0 unspecified atom stereocenters. The Balaban J connectivity index is 2.10. The van der Waals surface area contributed by atoms with E-state index in [0.717, 1.165) is 27.0 Å². The lowest BCUT2D eigenvalue weighted by Crippen LogP contribution is -2.07. The van der Waals surface area contributed by atoms with E-state index in [1.54, 1.807) is 0 Å². The number of rotatable bonds is 4. The summed E-state index contributed by atoms with van der Waals surface area (Å²) in [5, 5.41) is 1.84. The first-order chi connectivity index (χ1) is 9.67. The number of alkyl halides is 1. The highest BCUT2D eigenvalue weighted by molar-refractivity contribution is 9.10. The fourth-order valence-electron chi connectivity index (χ4n) is 2.17. The molecule has 0 aliphatic rings. The molecule has 20 heavy (non-hydrogen) atoms. The van der Waals surface area contributed by atoms with Gasteiger partial charge in [-0.15, -0.1) is 11.6 Å². The van der Waals surface area contributed by atoms with Gasteiger partial charge in [0.15, 0.2) is 0 Å². The van der Waals surface area contributed by atoms with Gasteiger partial charge in [-0.1, -0.05) is 27.3 Å². The van der Waals surface area contributed by atoms with Gasteiger partial charge < -0.3 is 9.55 Å². The van der Waals surface area contributed by atoms with E-state index in [1.807, 2.05) is 23.6 Å². The van der Waals surface area contributed by atoms with E-state index < -0.39 is 0 Å². The maximum Gasteiger partial charge on any atom is 0.304 e. The number of hydrogen-bond donors (Lipinski definition) is 1. The molecule has 4 nitrogen and oxygen atoms in total. The summed E-state index contributed by atoms with van der Waals surface area (Å²) in [4.78, 5) is 18.7. The van der Waals surface area contributed by atoms with E-state index in [4.69, 9.17) is 11.6 Å². The molecule has 0 saturated heterocycles. The third-order valence-electron chi connectivity index (χ3n) is 3.01. The summed E-state index contributed by atoms with van der Waals surface area (Å²) in [6.45, 7) is 0.600. The normalized spacial score (nSPS) is 11.3. The molecule has 0 atom stereocenters. The first-order valence-electron chi connectivity index (χ1n) is 6.04. The summed E-state index contributed by atoms with van der Waals surface area (Å²) in [6.07, 6.45) is 0.697. The zero-order chi connectivity index (χ0) is 14.1. The molecule has 0 radical (unpaired) electrons. The second-order valence-corrected chi connectivity index (χ2v) is 6.50. The number of hydrogen-bond acceptors (Lipinski definition) is 3. The zero-order valence-electron chi connectivity index (χ0n) is 10.4. The Bertz CT molecular complexity index is 807. The average molecular weight is 373 g/mol. The minimum Gasteiger partial charge on any atom is -0.322 e. The Labute approximate surface area is 132 Å². The van der Waals surface area contributed by atoms with Crippen LogP contribution in [0.2, 0.25) is 0 Å². The predicted octanol–water partition coefficient (Wildman–Crippen LogP) is 3.38. The maximum absolute atomic E-state index is 11.2. The van der Waals surface area contributed by atoms with Gasteiger partial charge in [0.1, 0.15) is 5.82 Å². The van der Waals surface area contributed by atoms with Crippen LogP contribution in [-0.2, 0) is 13.0 Å². The smallest absolute Gasteiger partial charge is 0.304 e. The van der Waals surface area contributed by atoms with Crippen molar-refractivity contribution in [2.75, 3.05) is 5.88 Å². The first-order valence-corrected chi connectivity index (χ1v) is 8.25. The van der Waals surface area contributed by atoms with Crippen LogP contribution in [0.5, 0.6) is 0 Å². The standard InChI is InChI=1S/C13H11BrClN3OS/c14-8-1-2-11-10(5-8)17-12(3-4-15)18(11)6-9-7-20-13(19)16-9/h1-2,5,7H,3-4,6H2,(H,16,19). The second kappa shape index (κ2) is 5.71. The van der Waals surface area contributed by atoms with Gasteiger partial charge in [0.2, 0.25) is 0 Å². The molecule has 1 aromatic carbocycles. The molecule has 2 heterocycles. The summed E-state index contributed by atoms with van der Waals surface area (Å²) in [7, 11) is 0. The van der Waals surface area contributed by atoms with Crippen molar-refractivity contribution in [1.29, 1.82) is 0 Å².